The number of halogens is 1. The molecule has 0 spiro atoms. The van der Waals surface area contributed by atoms with Crippen molar-refractivity contribution in [1.82, 2.24) is 9.97 Å². The molecule has 0 aliphatic rings. The summed E-state index contributed by atoms with van der Waals surface area (Å²) in [5, 5.41) is 17.3. The molecule has 2 aromatic rings. The van der Waals surface area contributed by atoms with E-state index in [0.29, 0.717) is 25.3 Å². The number of nitrogens with one attached hydrogen (secondary N) is 2. The molecular weight excluding hydrogens is 366 g/mol. The van der Waals surface area contributed by atoms with Gasteiger partial charge < -0.3 is 15.4 Å². The molecule has 0 aliphatic heterocycles. The van der Waals surface area contributed by atoms with Crippen LogP contribution in [0.1, 0.15) is 6.42 Å². The summed E-state index contributed by atoms with van der Waals surface area (Å²) < 4.78 is 5.86. The van der Waals surface area contributed by atoms with Gasteiger partial charge in [-0.3, -0.25) is 10.1 Å². The lowest BCUT2D eigenvalue weighted by molar-refractivity contribution is -0.383. The van der Waals surface area contributed by atoms with Crippen molar-refractivity contribution in [3.63, 3.8) is 0 Å². The summed E-state index contributed by atoms with van der Waals surface area (Å²) in [6.07, 6.45) is 2.00. The Morgan fingerprint density at radius 3 is 2.61 bits per heavy atom. The number of aromatic nitrogens is 2. The van der Waals surface area contributed by atoms with Gasteiger partial charge in [0.15, 0.2) is 0 Å². The molecule has 2 N–H and O–H groups in total. The first-order chi connectivity index (χ1) is 11.1. The lowest BCUT2D eigenvalue weighted by atomic mass is 10.3. The highest BCUT2D eigenvalue weighted by molar-refractivity contribution is 9.10. The zero-order chi connectivity index (χ0) is 16.7. The predicted octanol–water partition coefficient (Wildman–Crippen LogP) is 3.34. The maximum atomic E-state index is 11.4. The minimum atomic E-state index is -0.500. The van der Waals surface area contributed by atoms with Gasteiger partial charge in [-0.1, -0.05) is 15.9 Å². The van der Waals surface area contributed by atoms with E-state index in [1.807, 2.05) is 12.1 Å². The molecule has 1 aromatic carbocycles. The monoisotopic (exact) mass is 381 g/mol. The van der Waals surface area contributed by atoms with Gasteiger partial charge in [-0.2, -0.15) is 0 Å². The highest BCUT2D eigenvalue weighted by Crippen LogP contribution is 2.31. The van der Waals surface area contributed by atoms with Gasteiger partial charge in [0, 0.05) is 30.4 Å². The van der Waals surface area contributed by atoms with Crippen molar-refractivity contribution in [3.05, 3.63) is 45.2 Å². The van der Waals surface area contributed by atoms with Crippen LogP contribution in [0.25, 0.3) is 0 Å². The van der Waals surface area contributed by atoms with Gasteiger partial charge in [0.05, 0.1) is 4.92 Å². The Hall–Kier alpha value is -2.26. The van der Waals surface area contributed by atoms with E-state index in [0.717, 1.165) is 4.47 Å². The minimum absolute atomic E-state index is 0.140. The maximum absolute atomic E-state index is 11.4. The Balaban J connectivity index is 2.21. The van der Waals surface area contributed by atoms with Crippen molar-refractivity contribution in [2.45, 2.75) is 6.42 Å². The van der Waals surface area contributed by atoms with E-state index in [-0.39, 0.29) is 17.3 Å². The van der Waals surface area contributed by atoms with Crippen LogP contribution in [0, 0.1) is 10.1 Å². The molecule has 1 aromatic heterocycles. The SMILES string of the molecule is COCCCNc1ncnc(Nc2ccc(Br)cc2)c1[N+](=O)[O-]. The lowest BCUT2D eigenvalue weighted by Gasteiger charge is -2.10. The Bertz CT molecular complexity index is 666. The zero-order valence-electron chi connectivity index (χ0n) is 12.5. The van der Waals surface area contributed by atoms with Crippen molar-refractivity contribution in [1.29, 1.82) is 0 Å². The molecular formula is C14H16BrN5O3. The fourth-order valence-electron chi connectivity index (χ4n) is 1.87. The van der Waals surface area contributed by atoms with E-state index in [1.54, 1.807) is 19.2 Å². The van der Waals surface area contributed by atoms with Gasteiger partial charge in [-0.15, -0.1) is 0 Å². The average Bonchev–Trinajstić information content (AvgIpc) is 2.53. The number of anilines is 3. The zero-order valence-corrected chi connectivity index (χ0v) is 14.0. The molecule has 0 saturated carbocycles. The molecule has 0 aliphatic carbocycles. The summed E-state index contributed by atoms with van der Waals surface area (Å²) in [6.45, 7) is 1.08. The number of nitrogens with zero attached hydrogens (tertiary/aromatic N) is 3. The van der Waals surface area contributed by atoms with Gasteiger partial charge >= 0.3 is 5.69 Å². The third-order valence-electron chi connectivity index (χ3n) is 2.93. The Labute approximate surface area is 141 Å². The molecule has 0 fully saturated rings. The fraction of sp³-hybridized carbons (Fsp3) is 0.286. The van der Waals surface area contributed by atoms with Crippen LogP contribution < -0.4 is 10.6 Å². The molecule has 122 valence electrons. The number of ether oxygens (including phenoxy) is 1. The summed E-state index contributed by atoms with van der Waals surface area (Å²) in [5.41, 5.74) is 0.508. The van der Waals surface area contributed by atoms with Gasteiger partial charge in [0.1, 0.15) is 6.33 Å². The first kappa shape index (κ1) is 17.1. The third kappa shape index (κ3) is 4.86. The van der Waals surface area contributed by atoms with Crippen molar-refractivity contribution in [2.75, 3.05) is 30.9 Å². The number of methoxy groups -OCH3 is 1. The van der Waals surface area contributed by atoms with Crippen LogP contribution in [-0.2, 0) is 4.74 Å². The van der Waals surface area contributed by atoms with E-state index in [1.165, 1.54) is 6.33 Å². The van der Waals surface area contributed by atoms with Crippen molar-refractivity contribution in [2.24, 2.45) is 0 Å². The molecule has 8 nitrogen and oxygen atoms in total. The van der Waals surface area contributed by atoms with E-state index in [2.05, 4.69) is 36.5 Å². The van der Waals surface area contributed by atoms with Crippen LogP contribution in [0.3, 0.4) is 0 Å². The first-order valence-electron chi connectivity index (χ1n) is 6.86. The molecule has 0 amide bonds. The number of hydrogen-bond acceptors (Lipinski definition) is 7. The Morgan fingerprint density at radius 1 is 1.26 bits per heavy atom. The van der Waals surface area contributed by atoms with Gasteiger partial charge in [0.25, 0.3) is 0 Å². The van der Waals surface area contributed by atoms with E-state index >= 15 is 0 Å². The standard InChI is InChI=1S/C14H16BrN5O3/c1-23-8-2-7-16-13-12(20(21)22)14(18-9-17-13)19-11-5-3-10(15)4-6-11/h3-6,9H,2,7-8H2,1H3,(H2,16,17,18,19). The van der Waals surface area contributed by atoms with Crippen LogP contribution in [-0.4, -0.2) is 35.2 Å². The smallest absolute Gasteiger partial charge is 0.353 e. The van der Waals surface area contributed by atoms with Crippen LogP contribution >= 0.6 is 15.9 Å². The van der Waals surface area contributed by atoms with E-state index < -0.39 is 4.92 Å². The van der Waals surface area contributed by atoms with E-state index in [9.17, 15) is 10.1 Å². The number of benzene rings is 1. The van der Waals surface area contributed by atoms with Crippen molar-refractivity contribution in [3.8, 4) is 0 Å². The van der Waals surface area contributed by atoms with Crippen molar-refractivity contribution >= 4 is 38.9 Å². The number of hydrogen-bond donors (Lipinski definition) is 2. The highest BCUT2D eigenvalue weighted by Gasteiger charge is 2.22. The number of rotatable bonds is 8. The lowest BCUT2D eigenvalue weighted by Crippen LogP contribution is -2.10. The molecule has 0 unspecified atom stereocenters. The topological polar surface area (TPSA) is 102 Å². The number of nitro groups is 1. The predicted molar refractivity (Wildman–Crippen MR) is 91.1 cm³/mol. The third-order valence-corrected chi connectivity index (χ3v) is 3.46. The van der Waals surface area contributed by atoms with Gasteiger partial charge in [-0.25, -0.2) is 9.97 Å². The van der Waals surface area contributed by atoms with Crippen LogP contribution in [0.5, 0.6) is 0 Å². The molecule has 0 radical (unpaired) electrons. The normalized spacial score (nSPS) is 10.3. The molecule has 9 heteroatoms. The second-order valence-electron chi connectivity index (χ2n) is 4.58. The summed E-state index contributed by atoms with van der Waals surface area (Å²) in [5.74, 6) is 0.322. The molecule has 0 bridgehead atoms. The largest absolute Gasteiger partial charge is 0.385 e. The van der Waals surface area contributed by atoms with Crippen LogP contribution in [0.15, 0.2) is 35.1 Å². The molecule has 0 atom stereocenters. The second kappa shape index (κ2) is 8.39. The van der Waals surface area contributed by atoms with Crippen LogP contribution in [0.4, 0.5) is 23.0 Å². The van der Waals surface area contributed by atoms with Crippen LogP contribution in [0.2, 0.25) is 0 Å². The highest BCUT2D eigenvalue weighted by atomic mass is 79.9. The first-order valence-corrected chi connectivity index (χ1v) is 7.66. The Morgan fingerprint density at radius 2 is 1.96 bits per heavy atom. The molecule has 23 heavy (non-hydrogen) atoms. The Kier molecular flexibility index (Phi) is 6.24. The van der Waals surface area contributed by atoms with Gasteiger partial charge in [0.2, 0.25) is 11.6 Å². The quantitative estimate of drug-likeness (QED) is 0.410. The van der Waals surface area contributed by atoms with E-state index in [4.69, 9.17) is 4.74 Å². The second-order valence-corrected chi connectivity index (χ2v) is 5.50. The van der Waals surface area contributed by atoms with Crippen molar-refractivity contribution < 1.29 is 9.66 Å². The fourth-order valence-corrected chi connectivity index (χ4v) is 2.13. The summed E-state index contributed by atoms with van der Waals surface area (Å²) in [6, 6.07) is 7.25. The molecule has 0 saturated heterocycles. The molecule has 1 heterocycles. The maximum Gasteiger partial charge on any atom is 0.353 e. The molecule has 2 rings (SSSR count). The summed E-state index contributed by atoms with van der Waals surface area (Å²) in [7, 11) is 1.60. The van der Waals surface area contributed by atoms with Gasteiger partial charge in [-0.05, 0) is 30.7 Å². The summed E-state index contributed by atoms with van der Waals surface area (Å²) >= 11 is 3.34. The average molecular weight is 382 g/mol. The minimum Gasteiger partial charge on any atom is -0.385 e. The summed E-state index contributed by atoms with van der Waals surface area (Å²) in [4.78, 5) is 18.8.